The lowest BCUT2D eigenvalue weighted by Crippen LogP contribution is -2.33. The van der Waals surface area contributed by atoms with Crippen molar-refractivity contribution in [3.05, 3.63) is 29.3 Å². The molecule has 1 aliphatic carbocycles. The van der Waals surface area contributed by atoms with Gasteiger partial charge in [-0.3, -0.25) is 0 Å². The Morgan fingerprint density at radius 2 is 1.64 bits per heavy atom. The first-order valence-corrected chi connectivity index (χ1v) is 9.07. The highest BCUT2D eigenvalue weighted by atomic mass is 32.1. The molecule has 1 fully saturated rings. The predicted molar refractivity (Wildman–Crippen MR) is 101 cm³/mol. The van der Waals surface area contributed by atoms with Gasteiger partial charge in [0.05, 0.1) is 0 Å². The number of anilines is 1. The normalized spacial score (nSPS) is 15.5. The van der Waals surface area contributed by atoms with E-state index in [1.54, 1.807) is 0 Å². The molecule has 0 aliphatic heterocycles. The summed E-state index contributed by atoms with van der Waals surface area (Å²) in [4.78, 5) is 0. The summed E-state index contributed by atoms with van der Waals surface area (Å²) in [5.74, 6) is 1.77. The zero-order valence-corrected chi connectivity index (χ0v) is 15.2. The van der Waals surface area contributed by atoms with Crippen molar-refractivity contribution in [1.29, 1.82) is 0 Å². The second-order valence-corrected chi connectivity index (χ2v) is 7.51. The van der Waals surface area contributed by atoms with Crippen LogP contribution in [-0.4, -0.2) is 11.7 Å². The molecule has 0 heterocycles. The Morgan fingerprint density at radius 3 is 2.14 bits per heavy atom. The topological polar surface area (TPSA) is 24.1 Å². The Bertz CT molecular complexity index is 476. The number of benzene rings is 1. The molecule has 2 nitrogen and oxygen atoms in total. The smallest absolute Gasteiger partial charge is 0.170 e. The van der Waals surface area contributed by atoms with Gasteiger partial charge in [-0.05, 0) is 53.9 Å². The van der Waals surface area contributed by atoms with Gasteiger partial charge in [-0.2, -0.15) is 0 Å². The van der Waals surface area contributed by atoms with Gasteiger partial charge in [0.1, 0.15) is 0 Å². The summed E-state index contributed by atoms with van der Waals surface area (Å²) in [6.07, 6.45) is 5.44. The fourth-order valence-electron chi connectivity index (χ4n) is 3.30. The van der Waals surface area contributed by atoms with Gasteiger partial charge in [0.2, 0.25) is 0 Å². The van der Waals surface area contributed by atoms with Crippen molar-refractivity contribution in [2.45, 2.75) is 65.2 Å². The Kier molecular flexibility index (Phi) is 6.25. The van der Waals surface area contributed by atoms with Gasteiger partial charge in [0.15, 0.2) is 5.11 Å². The standard InChI is InChI=1S/C19H30N2S/c1-13(2)16-10-7-11-17(14(3)4)18(16)21-19(22)20-12-15-8-5-6-9-15/h7,10-11,13-15H,5-6,8-9,12H2,1-4H3,(H2,20,21,22). The maximum absolute atomic E-state index is 5.54. The summed E-state index contributed by atoms with van der Waals surface area (Å²) in [5.41, 5.74) is 3.89. The van der Waals surface area contributed by atoms with Crippen LogP contribution in [0, 0.1) is 5.92 Å². The van der Waals surface area contributed by atoms with E-state index in [4.69, 9.17) is 12.2 Å². The average Bonchev–Trinajstić information content (AvgIpc) is 2.98. The van der Waals surface area contributed by atoms with Gasteiger partial charge in [-0.25, -0.2) is 0 Å². The third-order valence-electron chi connectivity index (χ3n) is 4.64. The number of para-hydroxylation sites is 1. The highest BCUT2D eigenvalue weighted by molar-refractivity contribution is 7.80. The van der Waals surface area contributed by atoms with Gasteiger partial charge in [0, 0.05) is 12.2 Å². The van der Waals surface area contributed by atoms with Crippen LogP contribution in [0.5, 0.6) is 0 Å². The Balaban J connectivity index is 2.07. The monoisotopic (exact) mass is 318 g/mol. The number of rotatable bonds is 5. The molecule has 1 aromatic carbocycles. The highest BCUT2D eigenvalue weighted by Crippen LogP contribution is 2.32. The summed E-state index contributed by atoms with van der Waals surface area (Å²) in [6, 6.07) is 6.57. The first-order chi connectivity index (χ1) is 10.5. The molecule has 1 aliphatic rings. The van der Waals surface area contributed by atoms with E-state index >= 15 is 0 Å². The van der Waals surface area contributed by atoms with E-state index in [1.165, 1.54) is 42.5 Å². The molecule has 0 radical (unpaired) electrons. The minimum absolute atomic E-state index is 0.485. The van der Waals surface area contributed by atoms with Crippen molar-refractivity contribution in [2.24, 2.45) is 5.92 Å². The zero-order valence-electron chi connectivity index (χ0n) is 14.4. The van der Waals surface area contributed by atoms with Gasteiger partial charge in [-0.1, -0.05) is 58.7 Å². The largest absolute Gasteiger partial charge is 0.362 e. The van der Waals surface area contributed by atoms with E-state index in [0.717, 1.165) is 17.6 Å². The molecule has 3 heteroatoms. The molecule has 1 aromatic rings. The lowest BCUT2D eigenvalue weighted by Gasteiger charge is -2.22. The number of thiocarbonyl (C=S) groups is 1. The fraction of sp³-hybridized carbons (Fsp3) is 0.632. The molecule has 2 N–H and O–H groups in total. The maximum atomic E-state index is 5.54. The zero-order chi connectivity index (χ0) is 16.1. The van der Waals surface area contributed by atoms with E-state index in [9.17, 15) is 0 Å². The molecule has 0 saturated heterocycles. The molecular weight excluding hydrogens is 288 g/mol. The summed E-state index contributed by atoms with van der Waals surface area (Å²) in [6.45, 7) is 9.95. The van der Waals surface area contributed by atoms with Crippen molar-refractivity contribution in [3.8, 4) is 0 Å². The van der Waals surface area contributed by atoms with E-state index in [2.05, 4.69) is 56.5 Å². The summed E-state index contributed by atoms with van der Waals surface area (Å²) in [7, 11) is 0. The van der Waals surface area contributed by atoms with E-state index in [1.807, 2.05) is 0 Å². The maximum Gasteiger partial charge on any atom is 0.170 e. The highest BCUT2D eigenvalue weighted by Gasteiger charge is 2.17. The molecule has 122 valence electrons. The molecule has 1 saturated carbocycles. The van der Waals surface area contributed by atoms with Crippen LogP contribution >= 0.6 is 12.2 Å². The van der Waals surface area contributed by atoms with Crippen LogP contribution < -0.4 is 10.6 Å². The molecule has 22 heavy (non-hydrogen) atoms. The Morgan fingerprint density at radius 1 is 1.09 bits per heavy atom. The van der Waals surface area contributed by atoms with Crippen LogP contribution in [-0.2, 0) is 0 Å². The summed E-state index contributed by atoms with van der Waals surface area (Å²) >= 11 is 5.54. The molecule has 0 unspecified atom stereocenters. The summed E-state index contributed by atoms with van der Waals surface area (Å²) < 4.78 is 0. The van der Waals surface area contributed by atoms with Crippen LogP contribution in [0.15, 0.2) is 18.2 Å². The molecule has 0 amide bonds. The number of hydrogen-bond donors (Lipinski definition) is 2. The predicted octanol–water partition coefficient (Wildman–Crippen LogP) is 5.41. The van der Waals surface area contributed by atoms with Gasteiger partial charge < -0.3 is 10.6 Å². The lowest BCUT2D eigenvalue weighted by atomic mass is 9.93. The lowest BCUT2D eigenvalue weighted by molar-refractivity contribution is 0.537. The minimum Gasteiger partial charge on any atom is -0.362 e. The van der Waals surface area contributed by atoms with Crippen molar-refractivity contribution in [2.75, 3.05) is 11.9 Å². The number of nitrogens with one attached hydrogen (secondary N) is 2. The van der Waals surface area contributed by atoms with Crippen LogP contribution in [0.25, 0.3) is 0 Å². The molecule has 0 atom stereocenters. The number of hydrogen-bond acceptors (Lipinski definition) is 1. The van der Waals surface area contributed by atoms with E-state index in [-0.39, 0.29) is 0 Å². The Hall–Kier alpha value is -1.09. The minimum atomic E-state index is 0.485. The molecule has 0 bridgehead atoms. The molecule has 0 aromatic heterocycles. The van der Waals surface area contributed by atoms with Gasteiger partial charge in [-0.15, -0.1) is 0 Å². The summed E-state index contributed by atoms with van der Waals surface area (Å²) in [5, 5.41) is 7.68. The van der Waals surface area contributed by atoms with Crippen LogP contribution in [0.3, 0.4) is 0 Å². The first-order valence-electron chi connectivity index (χ1n) is 8.66. The van der Waals surface area contributed by atoms with Crippen molar-refractivity contribution < 1.29 is 0 Å². The van der Waals surface area contributed by atoms with Crippen molar-refractivity contribution in [1.82, 2.24) is 5.32 Å². The van der Waals surface area contributed by atoms with Crippen LogP contribution in [0.4, 0.5) is 5.69 Å². The van der Waals surface area contributed by atoms with Crippen LogP contribution in [0.2, 0.25) is 0 Å². The quantitative estimate of drug-likeness (QED) is 0.710. The van der Waals surface area contributed by atoms with Crippen molar-refractivity contribution in [3.63, 3.8) is 0 Å². The third kappa shape index (κ3) is 4.45. The average molecular weight is 319 g/mol. The van der Waals surface area contributed by atoms with Crippen LogP contribution in [0.1, 0.15) is 76.3 Å². The van der Waals surface area contributed by atoms with E-state index in [0.29, 0.717) is 11.8 Å². The second-order valence-electron chi connectivity index (χ2n) is 7.11. The first kappa shape index (κ1) is 17.3. The van der Waals surface area contributed by atoms with E-state index < -0.39 is 0 Å². The Labute approximate surface area is 141 Å². The molecular formula is C19H30N2S. The second kappa shape index (κ2) is 7.96. The SMILES string of the molecule is CC(C)c1cccc(C(C)C)c1NC(=S)NCC1CCCC1. The molecule has 0 spiro atoms. The van der Waals surface area contributed by atoms with Crippen molar-refractivity contribution >= 4 is 23.0 Å². The van der Waals surface area contributed by atoms with Gasteiger partial charge >= 0.3 is 0 Å². The van der Waals surface area contributed by atoms with Gasteiger partial charge in [0.25, 0.3) is 0 Å². The molecule has 2 rings (SSSR count). The fourth-order valence-corrected chi connectivity index (χ4v) is 3.49. The third-order valence-corrected chi connectivity index (χ3v) is 4.88.